The molecule has 1 heterocycles. The number of nitrogens with zero attached hydrogens (tertiary/aromatic N) is 2. The summed E-state index contributed by atoms with van der Waals surface area (Å²) >= 11 is 0. The normalized spacial score (nSPS) is 20.9. The first-order chi connectivity index (χ1) is 13.5. The molecule has 1 atom stereocenters. The van der Waals surface area contributed by atoms with Crippen molar-refractivity contribution in [1.29, 1.82) is 0 Å². The second-order valence-corrected chi connectivity index (χ2v) is 8.83. The highest BCUT2D eigenvalue weighted by atomic mass is 19.4. The van der Waals surface area contributed by atoms with Gasteiger partial charge in [-0.15, -0.1) is 0 Å². The summed E-state index contributed by atoms with van der Waals surface area (Å²) in [7, 11) is 1.48. The van der Waals surface area contributed by atoms with Gasteiger partial charge in [0.1, 0.15) is 12.3 Å². The summed E-state index contributed by atoms with van der Waals surface area (Å²) in [5.41, 5.74) is -0.693. The van der Waals surface area contributed by atoms with E-state index in [-0.39, 0.29) is 24.2 Å². The average Bonchev–Trinajstić information content (AvgIpc) is 2.52. The number of hydrogen-bond donors (Lipinski definition) is 1. The molecule has 1 N–H and O–H groups in total. The monoisotopic (exact) mass is 416 g/mol. The third kappa shape index (κ3) is 6.07. The minimum Gasteiger partial charge on any atom is -0.480 e. The molecule has 8 heteroatoms. The van der Waals surface area contributed by atoms with E-state index in [1.807, 2.05) is 13.8 Å². The van der Waals surface area contributed by atoms with Crippen molar-refractivity contribution in [2.45, 2.75) is 58.2 Å². The number of aliphatic carboxylic acids is 1. The molecule has 2 aliphatic rings. The van der Waals surface area contributed by atoms with Crippen molar-refractivity contribution in [2.24, 2.45) is 11.3 Å². The third-order valence-electron chi connectivity index (χ3n) is 5.95. The van der Waals surface area contributed by atoms with E-state index in [0.29, 0.717) is 24.5 Å². The van der Waals surface area contributed by atoms with Crippen LogP contribution in [0.15, 0.2) is 23.4 Å². The van der Waals surface area contributed by atoms with Crippen LogP contribution in [0.4, 0.5) is 13.2 Å². The van der Waals surface area contributed by atoms with Crippen LogP contribution in [0, 0.1) is 11.3 Å². The summed E-state index contributed by atoms with van der Waals surface area (Å²) in [6.45, 7) is 5.99. The maximum atomic E-state index is 13.6. The van der Waals surface area contributed by atoms with Crippen LogP contribution >= 0.6 is 0 Å². The van der Waals surface area contributed by atoms with E-state index < -0.39 is 23.8 Å². The number of carbonyl (C=O) groups is 2. The standard InChI is InChI=1S/C21H31F3N2O3/c1-15(2)11-18(19(28)29)25(3)12-16(17(6-10-27)21(22,23)24)5-9-26-13-20(14-26)7-4-8-20/h6,10,12,15,18H,4-5,7-9,11,13-14H2,1-3H3,(H,28,29)/b16-12-,17-6+. The fourth-order valence-electron chi connectivity index (χ4n) is 4.28. The highest BCUT2D eigenvalue weighted by Crippen LogP contribution is 2.48. The lowest BCUT2D eigenvalue weighted by molar-refractivity contribution is -0.142. The first kappa shape index (κ1) is 23.4. The fourth-order valence-corrected chi connectivity index (χ4v) is 4.28. The van der Waals surface area contributed by atoms with E-state index in [1.54, 1.807) is 0 Å². The summed E-state index contributed by atoms with van der Waals surface area (Å²) < 4.78 is 40.7. The van der Waals surface area contributed by atoms with Crippen molar-refractivity contribution < 1.29 is 27.9 Å². The molecule has 1 aliphatic heterocycles. The quantitative estimate of drug-likeness (QED) is 0.333. The number of rotatable bonds is 10. The highest BCUT2D eigenvalue weighted by Gasteiger charge is 2.47. The van der Waals surface area contributed by atoms with Gasteiger partial charge in [-0.2, -0.15) is 13.2 Å². The molecule has 0 bridgehead atoms. The number of halogens is 3. The molecule has 1 saturated carbocycles. The minimum atomic E-state index is -4.69. The van der Waals surface area contributed by atoms with E-state index in [4.69, 9.17) is 0 Å². The zero-order valence-electron chi connectivity index (χ0n) is 17.3. The van der Waals surface area contributed by atoms with Gasteiger partial charge in [0.2, 0.25) is 0 Å². The number of likely N-dealkylation sites (tertiary alicyclic amines) is 1. The minimum absolute atomic E-state index is 0.0586. The Hall–Kier alpha value is -1.83. The summed E-state index contributed by atoms with van der Waals surface area (Å²) in [5.74, 6) is -1.01. The van der Waals surface area contributed by atoms with Crippen LogP contribution < -0.4 is 0 Å². The maximum Gasteiger partial charge on any atom is 0.416 e. The smallest absolute Gasteiger partial charge is 0.416 e. The topological polar surface area (TPSA) is 60.9 Å². The van der Waals surface area contributed by atoms with Crippen LogP contribution in [0.5, 0.6) is 0 Å². The van der Waals surface area contributed by atoms with Gasteiger partial charge in [0.25, 0.3) is 0 Å². The van der Waals surface area contributed by atoms with Crippen LogP contribution in [0.2, 0.25) is 0 Å². The molecule has 0 radical (unpaired) electrons. The molecule has 5 nitrogen and oxygen atoms in total. The predicted octanol–water partition coefficient (Wildman–Crippen LogP) is 3.87. The molecule has 29 heavy (non-hydrogen) atoms. The zero-order chi connectivity index (χ0) is 21.8. The number of likely N-dealkylation sites (N-methyl/N-ethyl adjacent to an activating group) is 1. The Balaban J connectivity index is 2.19. The van der Waals surface area contributed by atoms with Gasteiger partial charge in [-0.05, 0) is 48.7 Å². The lowest BCUT2D eigenvalue weighted by Crippen LogP contribution is -2.59. The van der Waals surface area contributed by atoms with Gasteiger partial charge in [-0.3, -0.25) is 4.79 Å². The van der Waals surface area contributed by atoms with Gasteiger partial charge in [0.05, 0.1) is 5.57 Å². The predicted molar refractivity (Wildman–Crippen MR) is 104 cm³/mol. The molecule has 1 aliphatic carbocycles. The number of carbonyl (C=O) groups excluding carboxylic acids is 1. The zero-order valence-corrected chi connectivity index (χ0v) is 17.3. The van der Waals surface area contributed by atoms with Gasteiger partial charge in [0, 0.05) is 32.9 Å². The van der Waals surface area contributed by atoms with Crippen molar-refractivity contribution in [3.8, 4) is 0 Å². The Bertz CT molecular complexity index is 659. The van der Waals surface area contributed by atoms with Crippen LogP contribution in [0.1, 0.15) is 46.0 Å². The number of carboxylic acids is 1. The molecule has 0 amide bonds. The lowest BCUT2D eigenvalue weighted by atomic mass is 9.63. The highest BCUT2D eigenvalue weighted by molar-refractivity contribution is 5.73. The van der Waals surface area contributed by atoms with E-state index in [0.717, 1.165) is 13.1 Å². The molecule has 1 saturated heterocycles. The molecule has 2 fully saturated rings. The lowest BCUT2D eigenvalue weighted by Gasteiger charge is -2.56. The number of alkyl halides is 3. The Labute approximate surface area is 170 Å². The molecule has 0 aromatic rings. The summed E-state index contributed by atoms with van der Waals surface area (Å²) in [6, 6.07) is -0.932. The van der Waals surface area contributed by atoms with Crippen molar-refractivity contribution >= 4 is 12.3 Å². The van der Waals surface area contributed by atoms with Gasteiger partial charge in [-0.25, -0.2) is 4.79 Å². The Kier molecular flexibility index (Phi) is 7.54. The maximum absolute atomic E-state index is 13.6. The molecular formula is C21H31F3N2O3. The fraction of sp³-hybridized carbons (Fsp3) is 0.714. The molecular weight excluding hydrogens is 385 g/mol. The average molecular weight is 416 g/mol. The van der Waals surface area contributed by atoms with E-state index in [9.17, 15) is 27.9 Å². The van der Waals surface area contributed by atoms with Crippen LogP contribution in [0.3, 0.4) is 0 Å². The van der Waals surface area contributed by atoms with Crippen molar-refractivity contribution in [3.63, 3.8) is 0 Å². The molecule has 2 rings (SSSR count). The molecule has 0 aromatic carbocycles. The number of hydrogen-bond acceptors (Lipinski definition) is 4. The Morgan fingerprint density at radius 1 is 1.28 bits per heavy atom. The first-order valence-corrected chi connectivity index (χ1v) is 10.1. The second kappa shape index (κ2) is 9.32. The Morgan fingerprint density at radius 2 is 1.90 bits per heavy atom. The van der Waals surface area contributed by atoms with Crippen LogP contribution in [-0.4, -0.2) is 66.1 Å². The first-order valence-electron chi connectivity index (χ1n) is 10.1. The Morgan fingerprint density at radius 3 is 2.31 bits per heavy atom. The SMILES string of the molecule is CC(C)CC(C(=O)O)N(C)/C=C(CCN1CC2(CCC2)C1)\C(=C/C=O)C(F)(F)F. The number of aldehydes is 1. The van der Waals surface area contributed by atoms with Crippen molar-refractivity contribution in [1.82, 2.24) is 9.80 Å². The van der Waals surface area contributed by atoms with Crippen molar-refractivity contribution in [2.75, 3.05) is 26.7 Å². The summed E-state index contributed by atoms with van der Waals surface area (Å²) in [5, 5.41) is 9.49. The van der Waals surface area contributed by atoms with E-state index in [2.05, 4.69) is 4.90 Å². The molecule has 1 spiro atoms. The number of allylic oxidation sites excluding steroid dienone is 2. The van der Waals surface area contributed by atoms with Crippen molar-refractivity contribution in [3.05, 3.63) is 23.4 Å². The van der Waals surface area contributed by atoms with E-state index in [1.165, 1.54) is 37.4 Å². The van der Waals surface area contributed by atoms with Gasteiger partial charge in [-0.1, -0.05) is 20.3 Å². The number of carboxylic acid groups (broad SMARTS) is 1. The molecule has 0 aromatic heterocycles. The largest absolute Gasteiger partial charge is 0.480 e. The second-order valence-electron chi connectivity index (χ2n) is 8.83. The van der Waals surface area contributed by atoms with Crippen LogP contribution in [0.25, 0.3) is 0 Å². The molecule has 164 valence electrons. The van der Waals surface area contributed by atoms with E-state index >= 15 is 0 Å². The third-order valence-corrected chi connectivity index (χ3v) is 5.95. The van der Waals surface area contributed by atoms with Gasteiger partial charge in [0.15, 0.2) is 0 Å². The summed E-state index contributed by atoms with van der Waals surface area (Å²) in [4.78, 5) is 25.9. The molecule has 1 unspecified atom stereocenters. The summed E-state index contributed by atoms with van der Waals surface area (Å²) in [6.07, 6.45) is 1.23. The van der Waals surface area contributed by atoms with Crippen LogP contribution in [-0.2, 0) is 9.59 Å². The van der Waals surface area contributed by atoms with Gasteiger partial charge < -0.3 is 14.9 Å². The van der Waals surface area contributed by atoms with Gasteiger partial charge >= 0.3 is 12.1 Å².